The van der Waals surface area contributed by atoms with Gasteiger partial charge in [-0.15, -0.1) is 5.06 Å². The number of fused-ring (bicyclic) bond motifs is 3. The fourth-order valence-corrected chi connectivity index (χ4v) is 9.02. The molecule has 5 aliphatic rings. The Bertz CT molecular complexity index is 2270. The molecule has 2 aliphatic carbocycles. The fourth-order valence-electron chi connectivity index (χ4n) is 7.65. The standard InChI is InChI=1S/C36H45FN6O7S.C4H4N2O2/c1-4-27-33(39-31-26(37)12-10-13-28(31)38-27)49-24-17-30-32(44)40-36(35(46)41-51(47,48)25-15-16-25)18-23(36)11-8-6-5-7-9-14-29(34(45)42(30)20-24)43-19-21(2)22(3)50-43;5-4(7)3-1-2-8-6-3/h8,10-13,23-25,29-30H,4-7,9,14-20H2,1-3H3,(H,40,44)(H,41,46);1-2H,(H2,5,7)/t23-,24-,29+,30+,36-;/m1./s1. The second kappa shape index (κ2) is 17.0. The lowest BCUT2D eigenvalue weighted by Gasteiger charge is -2.32. The molecule has 0 unspecified atom stereocenters. The zero-order valence-corrected chi connectivity index (χ0v) is 34.0. The van der Waals surface area contributed by atoms with E-state index in [-0.39, 0.29) is 42.4 Å². The summed E-state index contributed by atoms with van der Waals surface area (Å²) in [5, 5.41) is 7.23. The van der Waals surface area contributed by atoms with Crippen LogP contribution in [0.4, 0.5) is 4.39 Å². The number of hydrogen-bond acceptors (Lipinski definition) is 13. The molecule has 3 aromatic rings. The van der Waals surface area contributed by atoms with Crippen molar-refractivity contribution in [3.8, 4) is 5.88 Å². The van der Waals surface area contributed by atoms with Gasteiger partial charge in [-0.2, -0.15) is 0 Å². The number of nitrogens with one attached hydrogen (secondary N) is 2. The lowest BCUT2D eigenvalue weighted by Crippen LogP contribution is -2.58. The Morgan fingerprint density at radius 3 is 2.56 bits per heavy atom. The molecule has 8 rings (SSSR count). The average Bonchev–Trinajstić information content (AvgIpc) is 4.00. The van der Waals surface area contributed by atoms with E-state index in [0.717, 1.165) is 37.0 Å². The van der Waals surface area contributed by atoms with Crippen LogP contribution >= 0.6 is 0 Å². The van der Waals surface area contributed by atoms with Gasteiger partial charge < -0.3 is 30.0 Å². The number of ether oxygens (including phenoxy) is 1. The van der Waals surface area contributed by atoms with Crippen molar-refractivity contribution in [1.29, 1.82) is 0 Å². The highest BCUT2D eigenvalue weighted by atomic mass is 32.2. The van der Waals surface area contributed by atoms with Crippen molar-refractivity contribution in [3.63, 3.8) is 0 Å². The maximum absolute atomic E-state index is 14.8. The average molecular weight is 837 g/mol. The van der Waals surface area contributed by atoms with Crippen LogP contribution in [0, 0.1) is 11.7 Å². The molecule has 2 aromatic heterocycles. The predicted molar refractivity (Wildman–Crippen MR) is 210 cm³/mol. The number of halogens is 1. The highest BCUT2D eigenvalue weighted by molar-refractivity contribution is 7.91. The van der Waals surface area contributed by atoms with Crippen molar-refractivity contribution in [2.75, 3.05) is 13.1 Å². The number of hydrogen-bond donors (Lipinski definition) is 3. The predicted octanol–water partition coefficient (Wildman–Crippen LogP) is 3.37. The second-order valence-electron chi connectivity index (χ2n) is 15.7. The first-order chi connectivity index (χ1) is 28.2. The van der Waals surface area contributed by atoms with Crippen LogP contribution in [0.25, 0.3) is 11.0 Å². The second-order valence-corrected chi connectivity index (χ2v) is 17.7. The Kier molecular flexibility index (Phi) is 12.1. The Morgan fingerprint density at radius 2 is 1.90 bits per heavy atom. The molecule has 19 heteroatoms. The van der Waals surface area contributed by atoms with E-state index in [1.165, 1.54) is 23.3 Å². The van der Waals surface area contributed by atoms with Crippen LogP contribution in [0.2, 0.25) is 0 Å². The van der Waals surface area contributed by atoms with Gasteiger partial charge in [-0.05, 0) is 76.5 Å². The monoisotopic (exact) mass is 836 g/mol. The molecule has 316 valence electrons. The number of carbonyl (C=O) groups is 4. The minimum absolute atomic E-state index is 0.0192. The third kappa shape index (κ3) is 9.10. The summed E-state index contributed by atoms with van der Waals surface area (Å²) < 4.78 is 53.3. The first kappa shape index (κ1) is 41.7. The molecule has 1 saturated heterocycles. The summed E-state index contributed by atoms with van der Waals surface area (Å²) in [7, 11) is -3.87. The van der Waals surface area contributed by atoms with E-state index in [2.05, 4.69) is 29.7 Å². The van der Waals surface area contributed by atoms with E-state index in [0.29, 0.717) is 43.4 Å². The van der Waals surface area contributed by atoms with Crippen LogP contribution < -0.4 is 20.5 Å². The zero-order chi connectivity index (χ0) is 42.1. The largest absolute Gasteiger partial charge is 0.471 e. The van der Waals surface area contributed by atoms with Gasteiger partial charge in [0, 0.05) is 18.4 Å². The van der Waals surface area contributed by atoms with Crippen molar-refractivity contribution < 1.29 is 46.1 Å². The third-order valence-corrected chi connectivity index (χ3v) is 13.2. The number of rotatable bonds is 8. The van der Waals surface area contributed by atoms with Gasteiger partial charge >= 0.3 is 0 Å². The first-order valence-electron chi connectivity index (χ1n) is 20.0. The van der Waals surface area contributed by atoms with Crippen LogP contribution in [0.3, 0.4) is 0 Å². The maximum Gasteiger partial charge on any atom is 0.270 e. The molecule has 3 fully saturated rings. The summed E-state index contributed by atoms with van der Waals surface area (Å²) in [6.45, 7) is 6.14. The number of sulfonamides is 1. The van der Waals surface area contributed by atoms with E-state index >= 15 is 0 Å². The van der Waals surface area contributed by atoms with Crippen molar-refractivity contribution >= 4 is 44.7 Å². The smallest absolute Gasteiger partial charge is 0.270 e. The van der Waals surface area contributed by atoms with Crippen molar-refractivity contribution in [1.82, 2.24) is 35.1 Å². The number of primary amides is 1. The number of aryl methyl sites for hydroxylation is 1. The molecule has 0 spiro atoms. The molecule has 0 radical (unpaired) electrons. The van der Waals surface area contributed by atoms with E-state index in [4.69, 9.17) is 15.3 Å². The molecule has 2 saturated carbocycles. The number of hydroxylamine groups is 2. The van der Waals surface area contributed by atoms with Crippen LogP contribution in [0.5, 0.6) is 5.88 Å². The lowest BCUT2D eigenvalue weighted by molar-refractivity contribution is -0.166. The fraction of sp³-hybridized carbons (Fsp3) is 0.525. The Balaban J connectivity index is 0.000000592. The maximum atomic E-state index is 14.8. The summed E-state index contributed by atoms with van der Waals surface area (Å²) in [5.74, 6) is -2.35. The van der Waals surface area contributed by atoms with Crippen molar-refractivity contribution in [2.24, 2.45) is 11.7 Å². The summed E-state index contributed by atoms with van der Waals surface area (Å²) in [6, 6.07) is 4.18. The number of allylic oxidation sites excluding steroid dienone is 2. The van der Waals surface area contributed by atoms with Gasteiger partial charge in [-0.25, -0.2) is 22.8 Å². The zero-order valence-electron chi connectivity index (χ0n) is 33.2. The molecule has 59 heavy (non-hydrogen) atoms. The quantitative estimate of drug-likeness (QED) is 0.277. The number of para-hydroxylation sites is 1. The normalized spacial score (nSPS) is 26.4. The molecular formula is C40H49FN8O9S. The molecule has 0 bridgehead atoms. The Morgan fingerprint density at radius 1 is 1.10 bits per heavy atom. The van der Waals surface area contributed by atoms with Gasteiger partial charge in [0.05, 0.1) is 23.9 Å². The minimum atomic E-state index is -3.87. The van der Waals surface area contributed by atoms with Crippen molar-refractivity contribution in [3.05, 3.63) is 71.2 Å². The highest BCUT2D eigenvalue weighted by Crippen LogP contribution is 2.46. The molecular weight excluding hydrogens is 788 g/mol. The van der Waals surface area contributed by atoms with Gasteiger partial charge in [0.2, 0.25) is 27.7 Å². The van der Waals surface area contributed by atoms with Crippen LogP contribution in [0.15, 0.2) is 58.5 Å². The molecule has 4 amide bonds. The number of aromatic nitrogens is 3. The molecule has 17 nitrogen and oxygen atoms in total. The third-order valence-electron chi connectivity index (χ3n) is 11.4. The topological polar surface area (TPSA) is 229 Å². The highest BCUT2D eigenvalue weighted by Gasteiger charge is 2.62. The summed E-state index contributed by atoms with van der Waals surface area (Å²) >= 11 is 0. The van der Waals surface area contributed by atoms with E-state index in [9.17, 15) is 32.0 Å². The molecule has 3 aliphatic heterocycles. The number of amides is 4. The van der Waals surface area contributed by atoms with Crippen LogP contribution in [-0.2, 0) is 35.7 Å². The van der Waals surface area contributed by atoms with E-state index in [1.54, 1.807) is 17.2 Å². The number of carbonyl (C=O) groups excluding carboxylic acids is 4. The minimum Gasteiger partial charge on any atom is -0.471 e. The van der Waals surface area contributed by atoms with Gasteiger partial charge in [-0.1, -0.05) is 43.1 Å². The summed E-state index contributed by atoms with van der Waals surface area (Å²) in [4.78, 5) is 69.4. The van der Waals surface area contributed by atoms with Gasteiger partial charge in [0.15, 0.2) is 11.5 Å². The molecule has 1 aromatic carbocycles. The Labute approximate surface area is 340 Å². The van der Waals surface area contributed by atoms with Crippen molar-refractivity contribution in [2.45, 2.75) is 114 Å². The number of nitrogens with two attached hydrogens (primary N) is 1. The molecule has 5 atom stereocenters. The van der Waals surface area contributed by atoms with Crippen LogP contribution in [-0.4, -0.2) is 99.2 Å². The number of nitrogens with zero attached hydrogens (tertiary/aromatic N) is 5. The van der Waals surface area contributed by atoms with Crippen LogP contribution in [0.1, 0.15) is 94.7 Å². The molecule has 4 N–H and O–H groups in total. The van der Waals surface area contributed by atoms with Gasteiger partial charge in [0.1, 0.15) is 47.0 Å². The van der Waals surface area contributed by atoms with E-state index < -0.39 is 68.5 Å². The first-order valence-corrected chi connectivity index (χ1v) is 21.5. The van der Waals surface area contributed by atoms with E-state index in [1.807, 2.05) is 32.9 Å². The SMILES string of the molecule is CCc1nc2cccc(F)c2nc1O[C@@H]1C[C@H]2C(=O)N[C@]3(C(=O)NS(=O)(=O)C4CC4)C[C@H]3C=CCCCCC[C@H](N3CC(C)=C(C)O3)C(=O)N2C1.NC(=O)c1ccon1. The number of benzene rings is 1. The van der Waals surface area contributed by atoms with Gasteiger partial charge in [-0.3, -0.25) is 23.9 Å². The summed E-state index contributed by atoms with van der Waals surface area (Å²) in [6.07, 6.45) is 9.85. The lowest BCUT2D eigenvalue weighted by atomic mass is 10.0. The molecule has 5 heterocycles. The van der Waals surface area contributed by atoms with Gasteiger partial charge in [0.25, 0.3) is 11.8 Å². The summed E-state index contributed by atoms with van der Waals surface area (Å²) in [5.41, 5.74) is 5.43. The Hall–Kier alpha value is -5.43.